The first kappa shape index (κ1) is 10.6. The van der Waals surface area contributed by atoms with E-state index in [2.05, 4.69) is 25.3 Å². The number of rotatable bonds is 1. The van der Waals surface area contributed by atoms with Crippen LogP contribution in [0.4, 0.5) is 0 Å². The van der Waals surface area contributed by atoms with E-state index >= 15 is 0 Å². The summed E-state index contributed by atoms with van der Waals surface area (Å²) in [6.07, 6.45) is -4.03. The van der Waals surface area contributed by atoms with E-state index in [4.69, 9.17) is 4.74 Å². The van der Waals surface area contributed by atoms with Crippen molar-refractivity contribution in [3.8, 4) is 0 Å². The average Bonchev–Trinajstić information content (AvgIpc) is 2.08. The van der Waals surface area contributed by atoms with E-state index in [1.807, 2.05) is 0 Å². The first-order valence-corrected chi connectivity index (χ1v) is 4.71. The summed E-state index contributed by atoms with van der Waals surface area (Å²) < 4.78 is 5.06. The summed E-state index contributed by atoms with van der Waals surface area (Å²) in [4.78, 5) is 0. The Morgan fingerprint density at radius 3 is 2.17 bits per heavy atom. The van der Waals surface area contributed by atoms with Crippen LogP contribution < -0.4 is 0 Å². The quantitative estimate of drug-likeness (QED) is 0.349. The fourth-order valence-electron chi connectivity index (χ4n) is 1.08. The van der Waals surface area contributed by atoms with Crippen molar-refractivity contribution in [1.29, 1.82) is 0 Å². The molecule has 1 heterocycles. The highest BCUT2D eigenvalue weighted by Gasteiger charge is 2.41. The summed E-state index contributed by atoms with van der Waals surface area (Å²) in [6.45, 7) is 0. The fraction of sp³-hybridized carbons (Fsp3) is 1.00. The van der Waals surface area contributed by atoms with Crippen LogP contribution in [-0.4, -0.2) is 50.9 Å². The van der Waals surface area contributed by atoms with Crippen LogP contribution in [0.25, 0.3) is 0 Å². The molecule has 0 aromatic rings. The molecule has 5 atom stereocenters. The molecule has 4 nitrogen and oxygen atoms in total. The molecule has 0 radical (unpaired) electrons. The normalized spacial score (nSPS) is 49.2. The Labute approximate surface area is 81.4 Å². The Bertz CT molecular complexity index is 152. The van der Waals surface area contributed by atoms with Gasteiger partial charge in [-0.15, -0.1) is 12.6 Å². The maximum atomic E-state index is 9.31. The molecule has 0 bridgehead atoms. The van der Waals surface area contributed by atoms with E-state index in [0.29, 0.717) is 0 Å². The van der Waals surface area contributed by atoms with Gasteiger partial charge in [0.05, 0.1) is 6.10 Å². The number of hydrogen-bond donors (Lipinski definition) is 5. The highest BCUT2D eigenvalue weighted by atomic mass is 32.1. The minimum absolute atomic E-state index is 0.280. The highest BCUT2D eigenvalue weighted by molar-refractivity contribution is 7.81. The minimum Gasteiger partial charge on any atom is -0.388 e. The van der Waals surface area contributed by atoms with Crippen molar-refractivity contribution in [2.24, 2.45) is 0 Å². The average molecular weight is 212 g/mol. The van der Waals surface area contributed by atoms with Gasteiger partial charge in [0, 0.05) is 5.75 Å². The number of hydrogen-bond acceptors (Lipinski definition) is 6. The van der Waals surface area contributed by atoms with Crippen molar-refractivity contribution in [2.45, 2.75) is 29.9 Å². The minimum atomic E-state index is -1.21. The standard InChI is InChI=1S/C6H12O4S2/c7-3-2(1-11)10-6(12)5(9)4(3)8/h2-9,11-12H,1H2/t2-,3-,4+,5-,6+/m1/s1. The van der Waals surface area contributed by atoms with Gasteiger partial charge in [-0.05, 0) is 0 Å². The highest BCUT2D eigenvalue weighted by Crippen LogP contribution is 2.23. The van der Waals surface area contributed by atoms with Crippen LogP contribution in [0.1, 0.15) is 0 Å². The van der Waals surface area contributed by atoms with Gasteiger partial charge in [-0.3, -0.25) is 0 Å². The first-order valence-electron chi connectivity index (χ1n) is 3.56. The second kappa shape index (κ2) is 4.17. The van der Waals surface area contributed by atoms with Crippen LogP contribution in [0, 0.1) is 0 Å². The molecule has 3 N–H and O–H groups in total. The Balaban J connectivity index is 2.63. The third kappa shape index (κ3) is 1.89. The molecule has 12 heavy (non-hydrogen) atoms. The van der Waals surface area contributed by atoms with Crippen LogP contribution in [0.3, 0.4) is 0 Å². The largest absolute Gasteiger partial charge is 0.388 e. The van der Waals surface area contributed by atoms with Gasteiger partial charge in [0.15, 0.2) is 0 Å². The summed E-state index contributed by atoms with van der Waals surface area (Å²) in [7, 11) is 0. The summed E-state index contributed by atoms with van der Waals surface area (Å²) in [5, 5.41) is 27.8. The summed E-state index contributed by atoms with van der Waals surface area (Å²) in [5.41, 5.74) is -0.763. The molecule has 1 aliphatic rings. The maximum absolute atomic E-state index is 9.31. The molecular formula is C6H12O4S2. The third-order valence-corrected chi connectivity index (χ3v) is 2.65. The van der Waals surface area contributed by atoms with Gasteiger partial charge in [0.25, 0.3) is 0 Å². The van der Waals surface area contributed by atoms with E-state index in [-0.39, 0.29) is 5.75 Å². The topological polar surface area (TPSA) is 69.9 Å². The van der Waals surface area contributed by atoms with Gasteiger partial charge >= 0.3 is 0 Å². The zero-order valence-electron chi connectivity index (χ0n) is 6.24. The molecule has 0 spiro atoms. The number of aliphatic hydroxyl groups is 3. The van der Waals surface area contributed by atoms with E-state index < -0.39 is 29.9 Å². The molecular weight excluding hydrogens is 200 g/mol. The maximum Gasteiger partial charge on any atom is 0.129 e. The van der Waals surface area contributed by atoms with Gasteiger partial charge in [-0.1, -0.05) is 0 Å². The summed E-state index contributed by atoms with van der Waals surface area (Å²) in [6, 6.07) is 0. The van der Waals surface area contributed by atoms with Crippen LogP contribution in [-0.2, 0) is 4.74 Å². The molecule has 1 fully saturated rings. The van der Waals surface area contributed by atoms with Crippen molar-refractivity contribution < 1.29 is 20.1 Å². The second-order valence-corrected chi connectivity index (χ2v) is 3.59. The Hall–Kier alpha value is 0.540. The molecule has 0 aliphatic carbocycles. The van der Waals surface area contributed by atoms with E-state index in [1.54, 1.807) is 0 Å². The van der Waals surface area contributed by atoms with Crippen LogP contribution in [0.2, 0.25) is 0 Å². The predicted octanol–water partition coefficient (Wildman–Crippen LogP) is -1.35. The van der Waals surface area contributed by atoms with Crippen LogP contribution in [0.5, 0.6) is 0 Å². The summed E-state index contributed by atoms with van der Waals surface area (Å²) >= 11 is 7.81. The van der Waals surface area contributed by atoms with E-state index in [1.165, 1.54) is 0 Å². The lowest BCUT2D eigenvalue weighted by Gasteiger charge is -2.38. The van der Waals surface area contributed by atoms with Crippen LogP contribution in [0.15, 0.2) is 0 Å². The van der Waals surface area contributed by atoms with Crippen LogP contribution >= 0.6 is 25.3 Å². The Kier molecular flexibility index (Phi) is 3.69. The van der Waals surface area contributed by atoms with Gasteiger partial charge in [-0.25, -0.2) is 0 Å². The SMILES string of the molecule is O[C@@H]1[C@@H](O)[C@H](S)O[C@H](CS)[C@H]1O. The van der Waals surface area contributed by atoms with Gasteiger partial charge in [0.1, 0.15) is 23.7 Å². The lowest BCUT2D eigenvalue weighted by Crippen LogP contribution is -2.56. The third-order valence-electron chi connectivity index (χ3n) is 1.87. The van der Waals surface area contributed by atoms with Gasteiger partial charge in [-0.2, -0.15) is 12.6 Å². The zero-order chi connectivity index (χ0) is 9.30. The summed E-state index contributed by atoms with van der Waals surface area (Å²) in [5.74, 6) is 0.280. The lowest BCUT2D eigenvalue weighted by molar-refractivity contribution is -0.190. The van der Waals surface area contributed by atoms with Crippen molar-refractivity contribution in [3.63, 3.8) is 0 Å². The molecule has 0 unspecified atom stereocenters. The molecule has 0 saturated carbocycles. The van der Waals surface area contributed by atoms with Crippen molar-refractivity contribution >= 4 is 25.3 Å². The fourth-order valence-corrected chi connectivity index (χ4v) is 1.72. The van der Waals surface area contributed by atoms with Crippen molar-refractivity contribution in [1.82, 2.24) is 0 Å². The molecule has 0 aromatic carbocycles. The van der Waals surface area contributed by atoms with E-state index in [0.717, 1.165) is 0 Å². The first-order chi connectivity index (χ1) is 5.57. The molecule has 0 amide bonds. The number of thiol groups is 2. The van der Waals surface area contributed by atoms with Gasteiger partial charge < -0.3 is 20.1 Å². The second-order valence-electron chi connectivity index (χ2n) is 2.72. The molecule has 1 rings (SSSR count). The van der Waals surface area contributed by atoms with Crippen molar-refractivity contribution in [2.75, 3.05) is 5.75 Å². The molecule has 1 aliphatic heterocycles. The monoisotopic (exact) mass is 212 g/mol. The van der Waals surface area contributed by atoms with Crippen molar-refractivity contribution in [3.05, 3.63) is 0 Å². The molecule has 0 aromatic heterocycles. The Morgan fingerprint density at radius 2 is 1.67 bits per heavy atom. The van der Waals surface area contributed by atoms with Gasteiger partial charge in [0.2, 0.25) is 0 Å². The number of ether oxygens (including phenoxy) is 1. The molecule has 6 heteroatoms. The molecule has 72 valence electrons. The predicted molar refractivity (Wildman–Crippen MR) is 49.5 cm³/mol. The zero-order valence-corrected chi connectivity index (χ0v) is 8.03. The Morgan fingerprint density at radius 1 is 1.08 bits per heavy atom. The molecule has 1 saturated heterocycles. The smallest absolute Gasteiger partial charge is 0.129 e. The van der Waals surface area contributed by atoms with E-state index in [9.17, 15) is 15.3 Å². The lowest BCUT2D eigenvalue weighted by atomic mass is 10.0. The number of aliphatic hydroxyl groups excluding tert-OH is 3.